The third-order valence-corrected chi connectivity index (χ3v) is 7.35. The molecular weight excluding hydrogens is 579 g/mol. The summed E-state index contributed by atoms with van der Waals surface area (Å²) in [6.45, 7) is -3.49. The first-order valence-corrected chi connectivity index (χ1v) is 13.2. The van der Waals surface area contributed by atoms with Crippen molar-refractivity contribution < 1.29 is 45.8 Å². The van der Waals surface area contributed by atoms with Crippen LogP contribution in [0.4, 0.5) is 33.6 Å². The van der Waals surface area contributed by atoms with E-state index in [1.54, 1.807) is 0 Å². The lowest BCUT2D eigenvalue weighted by molar-refractivity contribution is -0.120. The Balaban J connectivity index is 1.45. The normalized spacial score (nSPS) is 18.5. The summed E-state index contributed by atoms with van der Waals surface area (Å²) in [6, 6.07) is 9.00. The molecule has 3 heterocycles. The number of ether oxygens (including phenoxy) is 2. The van der Waals surface area contributed by atoms with E-state index >= 15 is 13.2 Å². The largest absolute Gasteiger partial charge is 0.497 e. The second kappa shape index (κ2) is 12.2. The number of carbonyl (C=O) groups is 3. The van der Waals surface area contributed by atoms with Gasteiger partial charge in [-0.25, -0.2) is 18.2 Å². The number of nitrogens with one attached hydrogen (secondary N) is 1. The molecule has 2 atom stereocenters. The molecule has 9 nitrogen and oxygen atoms in total. The van der Waals surface area contributed by atoms with E-state index in [9.17, 15) is 23.2 Å². The Hall–Kier alpha value is -4.75. The molecule has 226 valence electrons. The quantitative estimate of drug-likeness (QED) is 0.364. The molecule has 1 unspecified atom stereocenters. The van der Waals surface area contributed by atoms with Crippen LogP contribution in [0.3, 0.4) is 0 Å². The van der Waals surface area contributed by atoms with Crippen molar-refractivity contribution in [2.24, 2.45) is 5.92 Å². The lowest BCUT2D eigenvalue weighted by atomic mass is 9.87. The van der Waals surface area contributed by atoms with Gasteiger partial charge in [0.2, 0.25) is 11.8 Å². The number of carbonyl (C=O) groups excluding carboxylic acids is 3. The maximum Gasteiger partial charge on any atom is 0.387 e. The summed E-state index contributed by atoms with van der Waals surface area (Å²) in [5.41, 5.74) is -0.423. The summed E-state index contributed by atoms with van der Waals surface area (Å²) in [6.07, 6.45) is 0.872. The summed E-state index contributed by atoms with van der Waals surface area (Å²) in [5, 5.41) is 2.53. The van der Waals surface area contributed by atoms with Crippen LogP contribution in [0.2, 0.25) is 0 Å². The number of alkyl halides is 2. The minimum atomic E-state index is -3.05. The molecule has 0 radical (unpaired) electrons. The molecule has 0 aliphatic carbocycles. The van der Waals surface area contributed by atoms with Gasteiger partial charge < -0.3 is 14.8 Å². The molecule has 0 saturated carbocycles. The summed E-state index contributed by atoms with van der Waals surface area (Å²) >= 11 is 0. The number of hydrogen-bond donors (Lipinski definition) is 1. The Morgan fingerprint density at radius 2 is 1.70 bits per heavy atom. The molecule has 5 rings (SSSR count). The predicted octanol–water partition coefficient (Wildman–Crippen LogP) is 4.41. The topological polar surface area (TPSA) is 101 Å². The van der Waals surface area contributed by atoms with Crippen LogP contribution in [0.5, 0.6) is 11.5 Å². The highest BCUT2D eigenvalue weighted by Crippen LogP contribution is 2.40. The van der Waals surface area contributed by atoms with Gasteiger partial charge in [0.25, 0.3) is 5.91 Å². The Labute approximate surface area is 242 Å². The fourth-order valence-corrected chi connectivity index (χ4v) is 5.28. The Kier molecular flexibility index (Phi) is 8.46. The van der Waals surface area contributed by atoms with E-state index in [4.69, 9.17) is 4.74 Å². The zero-order valence-corrected chi connectivity index (χ0v) is 22.7. The minimum absolute atomic E-state index is 0.0398. The van der Waals surface area contributed by atoms with E-state index in [-0.39, 0.29) is 35.3 Å². The van der Waals surface area contributed by atoms with Crippen molar-refractivity contribution in [1.82, 2.24) is 10.3 Å². The molecule has 2 saturated heterocycles. The monoisotopic (exact) mass is 604 g/mol. The van der Waals surface area contributed by atoms with Gasteiger partial charge in [0.05, 0.1) is 13.0 Å². The summed E-state index contributed by atoms with van der Waals surface area (Å²) < 4.78 is 79.6. The van der Waals surface area contributed by atoms with Crippen LogP contribution in [0.1, 0.15) is 34.7 Å². The van der Waals surface area contributed by atoms with Crippen LogP contribution >= 0.6 is 0 Å². The van der Waals surface area contributed by atoms with E-state index in [1.807, 2.05) is 0 Å². The van der Waals surface area contributed by atoms with Gasteiger partial charge in [-0.2, -0.15) is 8.78 Å². The molecule has 2 fully saturated rings. The molecule has 1 aromatic heterocycles. The average Bonchev–Trinajstić information content (AvgIpc) is 3.54. The van der Waals surface area contributed by atoms with Gasteiger partial charge in [0, 0.05) is 55.2 Å². The second-order valence-corrected chi connectivity index (χ2v) is 9.90. The first-order chi connectivity index (χ1) is 20.6. The molecule has 2 aliphatic heterocycles. The van der Waals surface area contributed by atoms with Crippen molar-refractivity contribution in [1.29, 1.82) is 0 Å². The van der Waals surface area contributed by atoms with E-state index in [0.29, 0.717) is 19.4 Å². The molecule has 2 aromatic carbocycles. The summed E-state index contributed by atoms with van der Waals surface area (Å²) in [4.78, 5) is 45.3. The van der Waals surface area contributed by atoms with Crippen LogP contribution < -0.4 is 24.6 Å². The molecule has 0 bridgehead atoms. The van der Waals surface area contributed by atoms with Crippen LogP contribution in [0.15, 0.2) is 48.5 Å². The van der Waals surface area contributed by atoms with Crippen molar-refractivity contribution in [3.05, 3.63) is 77.1 Å². The number of pyridine rings is 1. The second-order valence-electron chi connectivity index (χ2n) is 9.90. The zero-order valence-electron chi connectivity index (χ0n) is 22.7. The Morgan fingerprint density at radius 1 is 1.00 bits per heavy atom. The molecule has 3 aromatic rings. The van der Waals surface area contributed by atoms with Gasteiger partial charge in [0.1, 0.15) is 29.0 Å². The lowest BCUT2D eigenvalue weighted by Crippen LogP contribution is -2.36. The highest BCUT2D eigenvalue weighted by molar-refractivity contribution is 6.00. The summed E-state index contributed by atoms with van der Waals surface area (Å²) in [7, 11) is 1.23. The van der Waals surface area contributed by atoms with Crippen LogP contribution in [-0.2, 0) is 9.59 Å². The number of rotatable bonds is 9. The Bertz CT molecular complexity index is 1530. The zero-order chi connectivity index (χ0) is 30.8. The lowest BCUT2D eigenvalue weighted by Gasteiger charge is -2.20. The fraction of sp³-hybridized carbons (Fsp3) is 0.310. The molecule has 2 aliphatic rings. The maximum atomic E-state index is 15.2. The van der Waals surface area contributed by atoms with Crippen LogP contribution in [0.25, 0.3) is 0 Å². The number of methoxy groups -OCH3 is 1. The number of anilines is 2. The molecule has 3 amide bonds. The van der Waals surface area contributed by atoms with Gasteiger partial charge in [-0.05, 0) is 42.8 Å². The van der Waals surface area contributed by atoms with Crippen molar-refractivity contribution >= 4 is 29.4 Å². The van der Waals surface area contributed by atoms with Crippen molar-refractivity contribution in [2.75, 3.05) is 36.5 Å². The first kappa shape index (κ1) is 29.7. The molecular formula is C29H25F5N4O5. The molecule has 43 heavy (non-hydrogen) atoms. The van der Waals surface area contributed by atoms with Crippen LogP contribution in [-0.4, -0.2) is 56.1 Å². The molecule has 14 heteroatoms. The number of aromatic nitrogens is 1. The van der Waals surface area contributed by atoms with Crippen molar-refractivity contribution in [2.45, 2.75) is 25.4 Å². The smallest absolute Gasteiger partial charge is 0.387 e. The number of halogens is 5. The number of hydrogen-bond acceptors (Lipinski definition) is 6. The number of nitrogens with zero attached hydrogens (tertiary/aromatic N) is 3. The average molecular weight is 605 g/mol. The van der Waals surface area contributed by atoms with Gasteiger partial charge in [0.15, 0.2) is 11.6 Å². The predicted molar refractivity (Wildman–Crippen MR) is 143 cm³/mol. The van der Waals surface area contributed by atoms with E-state index in [0.717, 1.165) is 35.2 Å². The van der Waals surface area contributed by atoms with Crippen molar-refractivity contribution in [3.63, 3.8) is 0 Å². The van der Waals surface area contributed by atoms with Gasteiger partial charge >= 0.3 is 6.61 Å². The Morgan fingerprint density at radius 3 is 2.30 bits per heavy atom. The standard InChI is InChI=1S/C29H25F5N4O5/c1-42-17-11-21(31)25(22(32)12-17)19-14-38(26-20(30)8-9-23(36-26)37-10-2-3-24(37)39)28(41)18(19)13-35-27(40)15-4-6-16(7-5-15)43-29(33)34/h4-9,11-12,18-19,29H,2-3,10,13-14H2,1H3,(H,35,40)/t18?,19-/m1/s1. The minimum Gasteiger partial charge on any atom is -0.497 e. The number of amides is 3. The molecule has 1 N–H and O–H groups in total. The SMILES string of the molecule is COc1cc(F)c([C@@H]2CN(c3nc(N4CCCC4=O)ccc3F)C(=O)C2CNC(=O)c2ccc(OC(F)F)cc2)c(F)c1. The van der Waals surface area contributed by atoms with Gasteiger partial charge in [-0.3, -0.25) is 24.2 Å². The van der Waals surface area contributed by atoms with Gasteiger partial charge in [-0.1, -0.05) is 0 Å². The van der Waals surface area contributed by atoms with Crippen molar-refractivity contribution in [3.8, 4) is 11.5 Å². The third-order valence-electron chi connectivity index (χ3n) is 7.35. The number of benzene rings is 2. The first-order valence-electron chi connectivity index (χ1n) is 13.2. The van der Waals surface area contributed by atoms with E-state index in [1.165, 1.54) is 30.2 Å². The van der Waals surface area contributed by atoms with Gasteiger partial charge in [-0.15, -0.1) is 0 Å². The maximum absolute atomic E-state index is 15.2. The van der Waals surface area contributed by atoms with Crippen LogP contribution in [0, 0.1) is 23.4 Å². The van der Waals surface area contributed by atoms with E-state index in [2.05, 4.69) is 15.0 Å². The highest BCUT2D eigenvalue weighted by Gasteiger charge is 2.45. The fourth-order valence-electron chi connectivity index (χ4n) is 5.28. The highest BCUT2D eigenvalue weighted by atomic mass is 19.3. The summed E-state index contributed by atoms with van der Waals surface area (Å²) in [5.74, 6) is -7.63. The third kappa shape index (κ3) is 6.08. The molecule has 0 spiro atoms. The van der Waals surface area contributed by atoms with E-state index < -0.39 is 65.6 Å².